The second-order valence-electron chi connectivity index (χ2n) is 1.67. The minimum absolute atomic E-state index is 0. The van der Waals surface area contributed by atoms with Crippen molar-refractivity contribution in [1.82, 2.24) is 0 Å². The van der Waals surface area contributed by atoms with Crippen LogP contribution in [-0.2, 0) is 36.6 Å². The first-order chi connectivity index (χ1) is 6.50. The van der Waals surface area contributed by atoms with E-state index in [1.807, 2.05) is 0 Å². The fraction of sp³-hybridized carbons (Fsp3) is 0. The third kappa shape index (κ3) is 12.7. The minimum Gasteiger partial charge on any atom is -0.734 e. The normalized spacial score (nSPS) is 12.2. The zero-order chi connectivity index (χ0) is 14.0. The van der Waals surface area contributed by atoms with Crippen molar-refractivity contribution >= 4 is 36.6 Å². The van der Waals surface area contributed by atoms with E-state index in [1.165, 1.54) is 0 Å². The molecule has 0 heterocycles. The van der Waals surface area contributed by atoms with E-state index < -0.39 is 36.6 Å². The Kier molecular flexibility index (Phi) is 13.7. The molecule has 0 aromatic rings. The molecule has 100 valence electrons. The Hall–Kier alpha value is 1.64. The van der Waals surface area contributed by atoms with E-state index in [2.05, 4.69) is 0 Å². The van der Waals surface area contributed by atoms with Gasteiger partial charge in [-0.1, -0.05) is 0 Å². The van der Waals surface area contributed by atoms with Gasteiger partial charge in [-0.2, -0.15) is 16.8 Å². The summed E-state index contributed by atoms with van der Waals surface area (Å²) in [5.41, 5.74) is 0. The van der Waals surface area contributed by atoms with Crippen molar-refractivity contribution < 1.29 is 111 Å². The molecule has 0 aromatic heterocycles. The summed E-state index contributed by atoms with van der Waals surface area (Å²) in [6.07, 6.45) is 0. The molecule has 0 atom stereocenters. The van der Waals surface area contributed by atoms with Crippen LogP contribution >= 0.6 is 0 Å². The topological polar surface area (TPSA) is 223 Å². The van der Waals surface area contributed by atoms with Gasteiger partial charge in [-0.05, 0) is 0 Å². The fourth-order valence-electron chi connectivity index (χ4n) is 0. The van der Waals surface area contributed by atoms with Crippen molar-refractivity contribution in [2.75, 3.05) is 0 Å². The van der Waals surface area contributed by atoms with Gasteiger partial charge in [-0.25, -0.2) is 16.8 Å². The van der Waals surface area contributed by atoms with E-state index >= 15 is 0 Å². The molecule has 0 aliphatic carbocycles. The van der Waals surface area contributed by atoms with Crippen molar-refractivity contribution in [2.24, 2.45) is 0 Å². The molecule has 0 aliphatic heterocycles. The van der Waals surface area contributed by atoms with E-state index in [1.54, 1.807) is 0 Å². The van der Waals surface area contributed by atoms with E-state index in [0.29, 0.717) is 0 Å². The van der Waals surface area contributed by atoms with Gasteiger partial charge in [0.15, 0.2) is 0 Å². The van der Waals surface area contributed by atoms with Crippen molar-refractivity contribution in [2.45, 2.75) is 0 Å². The van der Waals surface area contributed by atoms with Crippen LogP contribution in [0, 0.1) is 0 Å². The number of hydrogen-bond acceptors (Lipinski definition) is 10. The van der Waals surface area contributed by atoms with Crippen LogP contribution in [0.2, 0.25) is 0 Å². The molecule has 0 bridgehead atoms. The molecule has 2 N–H and O–H groups in total. The Morgan fingerprint density at radius 1 is 0.556 bits per heavy atom. The summed E-state index contributed by atoms with van der Waals surface area (Å²) >= 11 is 0. The van der Waals surface area contributed by atoms with E-state index in [4.69, 9.17) is 9.11 Å². The Morgan fingerprint density at radius 3 is 0.611 bits per heavy atom. The molecule has 0 fully saturated rings. The Morgan fingerprint density at radius 2 is 0.611 bits per heavy atom. The van der Waals surface area contributed by atoms with Crippen LogP contribution in [0.4, 0.5) is 0 Å². The number of rotatable bonds is 2. The average Bonchev–Trinajstić information content (AvgIpc) is 1.77. The number of hydrogen-bond donors (Lipinski definition) is 2. The molecule has 0 aromatic carbocycles. The van der Waals surface area contributed by atoms with Crippen LogP contribution in [0.25, 0.3) is 0 Å². The molecule has 0 spiro atoms. The van der Waals surface area contributed by atoms with E-state index in [9.17, 15) is 42.8 Å². The molecule has 0 rings (SSSR count). The molecule has 12 nitrogen and oxygen atoms in total. The molecule has 18 heteroatoms. The summed E-state index contributed by atoms with van der Waals surface area (Å²) in [4.78, 5) is 0. The van der Waals surface area contributed by atoms with Gasteiger partial charge in [0.05, 0.1) is 0 Å². The van der Waals surface area contributed by atoms with Crippen LogP contribution in [0.15, 0.2) is 0 Å². The van der Waals surface area contributed by atoms with Gasteiger partial charge in [0, 0.05) is 0 Å². The largest absolute Gasteiger partial charge is 1.00 e. The zero-order valence-electron chi connectivity index (χ0n) is 8.61. The van der Waals surface area contributed by atoms with Gasteiger partial charge in [0.25, 0.3) is 0 Å². The average molecular weight is 368 g/mol. The van der Waals surface area contributed by atoms with Crippen LogP contribution in [0.5, 0.6) is 0 Å². The third-order valence-electron chi connectivity index (χ3n) is 0.516. The smallest absolute Gasteiger partial charge is 0.734 e. The maximum absolute atomic E-state index is 9.31. The summed E-state index contributed by atoms with van der Waals surface area (Å²) in [5.74, 6) is 0. The first-order valence-corrected chi connectivity index (χ1v) is 9.10. The van der Waals surface area contributed by atoms with Crippen LogP contribution < -0.4 is 59.1 Å². The summed E-state index contributed by atoms with van der Waals surface area (Å²) in [5, 5.41) is 0. The van der Waals surface area contributed by atoms with Gasteiger partial charge < -0.3 is 9.11 Å². The first-order valence-electron chi connectivity index (χ1n) is 2.37. The maximum Gasteiger partial charge on any atom is 1.00 e. The molecule has 0 saturated heterocycles. The van der Waals surface area contributed by atoms with Crippen molar-refractivity contribution in [3.05, 3.63) is 0 Å². The second-order valence-corrected chi connectivity index (χ2v) is 9.99. The predicted octanol–water partition coefficient (Wildman–Crippen LogP) is -9.32. The van der Waals surface area contributed by atoms with Gasteiger partial charge in [0.2, 0.25) is 18.3 Å². The summed E-state index contributed by atoms with van der Waals surface area (Å²) in [7, 11) is -22.0. The molecular weight excluding hydrogens is 366 g/mol. The zero-order valence-corrected chi connectivity index (χ0v) is 15.9. The van der Waals surface area contributed by atoms with Gasteiger partial charge in [-0.3, -0.25) is 9.11 Å². The van der Waals surface area contributed by atoms with Gasteiger partial charge in [-0.15, -0.1) is 0 Å². The predicted molar refractivity (Wildman–Crippen MR) is 42.5 cm³/mol. The van der Waals surface area contributed by atoms with E-state index in [-0.39, 0.29) is 59.1 Å². The molecular formula is H2Na2O12S4. The first kappa shape index (κ1) is 27.9. The van der Waals surface area contributed by atoms with Crippen molar-refractivity contribution in [3.8, 4) is 0 Å². The Bertz CT molecular complexity index is 507. The summed E-state index contributed by atoms with van der Waals surface area (Å²) in [6.45, 7) is 0. The molecule has 0 radical (unpaired) electrons. The van der Waals surface area contributed by atoms with Crippen LogP contribution in [-0.4, -0.2) is 51.9 Å². The molecule has 0 aliphatic rings. The van der Waals surface area contributed by atoms with Gasteiger partial charge >= 0.3 is 77.4 Å². The summed E-state index contributed by atoms with van der Waals surface area (Å²) in [6, 6.07) is 0. The molecule has 0 saturated carbocycles. The fourth-order valence-corrected chi connectivity index (χ4v) is 0. The Labute approximate surface area is 146 Å². The monoisotopic (exact) mass is 368 g/mol. The second kappa shape index (κ2) is 8.82. The minimum atomic E-state index is -5.56. The van der Waals surface area contributed by atoms with E-state index in [0.717, 1.165) is 0 Å². The molecule has 18 heavy (non-hydrogen) atoms. The maximum atomic E-state index is 9.31. The van der Waals surface area contributed by atoms with Gasteiger partial charge in [0.1, 0.15) is 0 Å². The molecule has 0 amide bonds. The SMILES string of the molecule is O=S(=O)([O-])S(=O)(=O)O.O=S(=O)([O-])S(=O)(=O)O.[Na+].[Na+]. The quantitative estimate of drug-likeness (QED) is 0.263. The summed E-state index contributed by atoms with van der Waals surface area (Å²) < 4.78 is 108. The van der Waals surface area contributed by atoms with Crippen LogP contribution in [0.3, 0.4) is 0 Å². The van der Waals surface area contributed by atoms with Crippen molar-refractivity contribution in [3.63, 3.8) is 0 Å². The Balaban J connectivity index is -0.0000000980. The van der Waals surface area contributed by atoms with Crippen molar-refractivity contribution in [1.29, 1.82) is 0 Å². The molecule has 0 unspecified atom stereocenters. The van der Waals surface area contributed by atoms with Crippen LogP contribution in [0.1, 0.15) is 0 Å². The third-order valence-corrected chi connectivity index (χ3v) is 4.64. The standard InChI is InChI=1S/2Na.2H2O6S2/c;;2*1-7(2,3)8(4,5)6/h;;2*(H,1,2,3)(H,4,5,6)/q2*+1;;/p-2.